The first kappa shape index (κ1) is 18.9. The molecule has 0 bridgehead atoms. The Labute approximate surface area is 164 Å². The minimum atomic E-state index is -0.339. The summed E-state index contributed by atoms with van der Waals surface area (Å²) < 4.78 is 11.8. The number of benzene rings is 2. The topological polar surface area (TPSA) is 89.0 Å². The highest BCUT2D eigenvalue weighted by atomic mass is 79.9. The van der Waals surface area contributed by atoms with Crippen molar-refractivity contribution in [3.63, 3.8) is 0 Å². The molecule has 0 spiro atoms. The normalized spacial score (nSPS) is 13.0. The number of nitrogens with zero attached hydrogens (tertiary/aromatic N) is 1. The van der Waals surface area contributed by atoms with Crippen molar-refractivity contribution in [2.24, 2.45) is 5.10 Å². The van der Waals surface area contributed by atoms with Crippen LogP contribution in [0.15, 0.2) is 52.0 Å². The second kappa shape index (κ2) is 8.68. The van der Waals surface area contributed by atoms with Gasteiger partial charge >= 0.3 is 0 Å². The molecule has 7 nitrogen and oxygen atoms in total. The summed E-state index contributed by atoms with van der Waals surface area (Å²) >= 11 is 3.31. The molecule has 0 fully saturated rings. The second-order valence-corrected chi connectivity index (χ2v) is 6.79. The Hall–Kier alpha value is -2.87. The number of hydrogen-bond acceptors (Lipinski definition) is 5. The molecule has 0 radical (unpaired) electrons. The maximum absolute atomic E-state index is 12.2. The number of anilines is 1. The fourth-order valence-electron chi connectivity index (χ4n) is 2.41. The molecule has 2 N–H and O–H groups in total. The summed E-state index contributed by atoms with van der Waals surface area (Å²) in [5.41, 5.74) is 4.02. The molecule has 1 aliphatic heterocycles. The van der Waals surface area contributed by atoms with Crippen LogP contribution in [0.1, 0.15) is 23.7 Å². The molecular formula is C19H18BrN3O4. The van der Waals surface area contributed by atoms with Crippen LogP contribution in [0.25, 0.3) is 0 Å². The third kappa shape index (κ3) is 5.30. The van der Waals surface area contributed by atoms with E-state index in [4.69, 9.17) is 9.47 Å². The van der Waals surface area contributed by atoms with Crippen molar-refractivity contribution < 1.29 is 19.1 Å². The highest BCUT2D eigenvalue weighted by molar-refractivity contribution is 9.10. The van der Waals surface area contributed by atoms with Crippen LogP contribution in [-0.2, 0) is 4.79 Å². The Morgan fingerprint density at radius 1 is 1.07 bits per heavy atom. The molecule has 140 valence electrons. The highest BCUT2D eigenvalue weighted by Gasteiger charge is 2.13. The largest absolute Gasteiger partial charge is 0.486 e. The Bertz CT molecular complexity index is 881. The van der Waals surface area contributed by atoms with Gasteiger partial charge in [-0.1, -0.05) is 15.9 Å². The Morgan fingerprint density at radius 3 is 2.52 bits per heavy atom. The smallest absolute Gasteiger partial charge is 0.271 e. The van der Waals surface area contributed by atoms with Gasteiger partial charge in [0.1, 0.15) is 13.2 Å². The lowest BCUT2D eigenvalue weighted by Crippen LogP contribution is -2.21. The summed E-state index contributed by atoms with van der Waals surface area (Å²) in [6.07, 6.45) is 0.0507. The number of halogens is 1. The quantitative estimate of drug-likeness (QED) is 0.560. The minimum absolute atomic E-state index is 0.0507. The van der Waals surface area contributed by atoms with Crippen LogP contribution in [0.2, 0.25) is 0 Å². The van der Waals surface area contributed by atoms with Gasteiger partial charge in [0, 0.05) is 27.5 Å². The average molecular weight is 432 g/mol. The summed E-state index contributed by atoms with van der Waals surface area (Å²) in [6.45, 7) is 2.67. The number of rotatable bonds is 5. The molecule has 8 heteroatoms. The van der Waals surface area contributed by atoms with Crippen molar-refractivity contribution in [2.75, 3.05) is 18.5 Å². The zero-order valence-electron chi connectivity index (χ0n) is 14.6. The van der Waals surface area contributed by atoms with Crippen LogP contribution in [0.4, 0.5) is 5.69 Å². The molecule has 0 saturated carbocycles. The van der Waals surface area contributed by atoms with Gasteiger partial charge in [0.05, 0.1) is 6.42 Å². The van der Waals surface area contributed by atoms with E-state index in [0.717, 1.165) is 4.47 Å². The molecule has 3 rings (SSSR count). The first-order valence-electron chi connectivity index (χ1n) is 8.30. The summed E-state index contributed by atoms with van der Waals surface area (Å²) in [5, 5.41) is 6.75. The molecule has 2 amide bonds. The molecule has 27 heavy (non-hydrogen) atoms. The number of amides is 2. The lowest BCUT2D eigenvalue weighted by atomic mass is 10.2. The number of carbonyl (C=O) groups excluding carboxylic acids is 2. The average Bonchev–Trinajstić information content (AvgIpc) is 2.66. The second-order valence-electron chi connectivity index (χ2n) is 5.88. The number of nitrogens with one attached hydrogen (secondary N) is 2. The van der Waals surface area contributed by atoms with Crippen LogP contribution in [-0.4, -0.2) is 30.7 Å². The fraction of sp³-hybridized carbons (Fsp3) is 0.211. The number of fused-ring (bicyclic) bond motifs is 1. The van der Waals surface area contributed by atoms with Crippen molar-refractivity contribution in [3.05, 3.63) is 52.5 Å². The number of hydrazone groups is 1. The van der Waals surface area contributed by atoms with E-state index in [2.05, 4.69) is 31.8 Å². The maximum Gasteiger partial charge on any atom is 0.271 e. The van der Waals surface area contributed by atoms with Gasteiger partial charge in [-0.05, 0) is 43.3 Å². The highest BCUT2D eigenvalue weighted by Crippen LogP contribution is 2.32. The molecule has 2 aromatic carbocycles. The third-order valence-electron chi connectivity index (χ3n) is 3.70. The molecule has 0 atom stereocenters. The monoisotopic (exact) mass is 431 g/mol. The third-order valence-corrected chi connectivity index (χ3v) is 4.23. The number of ether oxygens (including phenoxy) is 2. The maximum atomic E-state index is 12.2. The molecule has 1 heterocycles. The van der Waals surface area contributed by atoms with Crippen LogP contribution >= 0.6 is 15.9 Å². The van der Waals surface area contributed by atoms with Crippen molar-refractivity contribution in [1.29, 1.82) is 0 Å². The summed E-state index contributed by atoms with van der Waals surface area (Å²) in [4.78, 5) is 24.2. The van der Waals surface area contributed by atoms with Crippen molar-refractivity contribution in [3.8, 4) is 11.5 Å². The van der Waals surface area contributed by atoms with E-state index in [9.17, 15) is 9.59 Å². The first-order chi connectivity index (χ1) is 13.0. The van der Waals surface area contributed by atoms with E-state index < -0.39 is 0 Å². The van der Waals surface area contributed by atoms with E-state index in [-0.39, 0.29) is 18.2 Å². The van der Waals surface area contributed by atoms with E-state index >= 15 is 0 Å². The van der Waals surface area contributed by atoms with Gasteiger partial charge in [-0.3, -0.25) is 9.59 Å². The lowest BCUT2D eigenvalue weighted by molar-refractivity contribution is -0.115. The Kier molecular flexibility index (Phi) is 6.08. The van der Waals surface area contributed by atoms with Gasteiger partial charge in [-0.25, -0.2) is 5.43 Å². The summed E-state index contributed by atoms with van der Waals surface area (Å²) in [5.74, 6) is 0.679. The zero-order chi connectivity index (χ0) is 19.2. The van der Waals surface area contributed by atoms with Gasteiger partial charge in [0.2, 0.25) is 5.91 Å². The van der Waals surface area contributed by atoms with Gasteiger partial charge in [-0.2, -0.15) is 5.10 Å². The van der Waals surface area contributed by atoms with Gasteiger partial charge in [-0.15, -0.1) is 0 Å². The van der Waals surface area contributed by atoms with E-state index in [1.807, 2.05) is 0 Å². The van der Waals surface area contributed by atoms with Crippen molar-refractivity contribution >= 4 is 39.1 Å². The van der Waals surface area contributed by atoms with E-state index in [0.29, 0.717) is 41.7 Å². The summed E-state index contributed by atoms with van der Waals surface area (Å²) in [6, 6.07) is 12.1. The Balaban J connectivity index is 1.53. The van der Waals surface area contributed by atoms with Crippen LogP contribution in [0.5, 0.6) is 11.5 Å². The van der Waals surface area contributed by atoms with Crippen LogP contribution in [0, 0.1) is 0 Å². The van der Waals surface area contributed by atoms with Gasteiger partial charge < -0.3 is 14.8 Å². The van der Waals surface area contributed by atoms with Crippen molar-refractivity contribution in [2.45, 2.75) is 13.3 Å². The lowest BCUT2D eigenvalue weighted by Gasteiger charge is -2.19. The molecular weight excluding hydrogens is 414 g/mol. The van der Waals surface area contributed by atoms with E-state index in [1.165, 1.54) is 0 Å². The summed E-state index contributed by atoms with van der Waals surface area (Å²) in [7, 11) is 0. The SMILES string of the molecule is C/C(CC(=O)Nc1ccc2c(c1)OCCO2)=N\NC(=O)c1ccc(Br)cc1. The van der Waals surface area contributed by atoms with E-state index in [1.54, 1.807) is 49.4 Å². The van der Waals surface area contributed by atoms with Gasteiger partial charge in [0.15, 0.2) is 11.5 Å². The first-order valence-corrected chi connectivity index (χ1v) is 9.09. The zero-order valence-corrected chi connectivity index (χ0v) is 16.2. The predicted molar refractivity (Wildman–Crippen MR) is 105 cm³/mol. The number of hydrogen-bond donors (Lipinski definition) is 2. The van der Waals surface area contributed by atoms with Crippen molar-refractivity contribution in [1.82, 2.24) is 5.43 Å². The Morgan fingerprint density at radius 2 is 1.78 bits per heavy atom. The molecule has 1 aliphatic rings. The molecule has 0 aromatic heterocycles. The molecule has 0 unspecified atom stereocenters. The number of carbonyl (C=O) groups is 2. The fourth-order valence-corrected chi connectivity index (χ4v) is 2.67. The predicted octanol–water partition coefficient (Wildman–Crippen LogP) is 3.35. The molecule has 0 aliphatic carbocycles. The molecule has 0 saturated heterocycles. The van der Waals surface area contributed by atoms with Crippen LogP contribution < -0.4 is 20.2 Å². The standard InChI is InChI=1S/C19H18BrN3O4/c1-12(22-23-19(25)13-2-4-14(20)5-3-13)10-18(24)21-15-6-7-16-17(11-15)27-9-8-26-16/h2-7,11H,8-10H2,1H3,(H,21,24)(H,23,25)/b22-12+. The molecule has 2 aromatic rings. The van der Waals surface area contributed by atoms with Crippen LogP contribution in [0.3, 0.4) is 0 Å². The minimum Gasteiger partial charge on any atom is -0.486 e. The van der Waals surface area contributed by atoms with Gasteiger partial charge in [0.25, 0.3) is 5.91 Å².